The smallest absolute Gasteiger partial charge is 0.226 e. The Hall–Kier alpha value is -0.870. The van der Waals surface area contributed by atoms with E-state index < -0.39 is 0 Å². The van der Waals surface area contributed by atoms with Crippen LogP contribution in [0.25, 0.3) is 0 Å². The number of aromatic nitrogens is 1. The third kappa shape index (κ3) is 2.21. The molecule has 0 saturated carbocycles. The van der Waals surface area contributed by atoms with Crippen LogP contribution in [-0.4, -0.2) is 18.1 Å². The van der Waals surface area contributed by atoms with Crippen LogP contribution >= 0.6 is 0 Å². The summed E-state index contributed by atoms with van der Waals surface area (Å²) in [4.78, 5) is 4.42. The highest BCUT2D eigenvalue weighted by atomic mass is 16.5. The van der Waals surface area contributed by atoms with Crippen LogP contribution in [0.3, 0.4) is 0 Å². The fourth-order valence-electron chi connectivity index (χ4n) is 1.92. The fraction of sp³-hybridized carbons (Fsp3) is 0.727. The number of rotatable bonds is 3. The molecule has 2 rings (SSSR count). The van der Waals surface area contributed by atoms with Crippen molar-refractivity contribution < 1.29 is 9.15 Å². The van der Waals surface area contributed by atoms with Crippen LogP contribution in [0.1, 0.15) is 37.8 Å². The lowest BCUT2D eigenvalue weighted by molar-refractivity contribution is -0.0866. The highest BCUT2D eigenvalue weighted by Gasteiger charge is 2.34. The van der Waals surface area contributed by atoms with Crippen molar-refractivity contribution >= 4 is 0 Å². The maximum Gasteiger partial charge on any atom is 0.226 e. The molecule has 4 heteroatoms. The molecular formula is C11H18N2O2. The van der Waals surface area contributed by atoms with E-state index in [9.17, 15) is 0 Å². The van der Waals surface area contributed by atoms with Gasteiger partial charge >= 0.3 is 0 Å². The Morgan fingerprint density at radius 2 is 2.40 bits per heavy atom. The Balaban J connectivity index is 2.12. The van der Waals surface area contributed by atoms with Gasteiger partial charge in [-0.15, -0.1) is 0 Å². The van der Waals surface area contributed by atoms with Crippen molar-refractivity contribution in [3.05, 3.63) is 17.8 Å². The second-order valence-electron chi connectivity index (χ2n) is 4.22. The number of ether oxygens (including phenoxy) is 1. The van der Waals surface area contributed by atoms with Gasteiger partial charge in [0, 0.05) is 13.0 Å². The molecule has 0 radical (unpaired) electrons. The van der Waals surface area contributed by atoms with Gasteiger partial charge in [0.25, 0.3) is 0 Å². The molecule has 0 spiro atoms. The summed E-state index contributed by atoms with van der Waals surface area (Å²) >= 11 is 0. The molecule has 1 unspecified atom stereocenters. The lowest BCUT2D eigenvalue weighted by Crippen LogP contribution is -2.30. The number of nitrogens with zero attached hydrogens (tertiary/aromatic N) is 1. The van der Waals surface area contributed by atoms with Crippen molar-refractivity contribution in [2.24, 2.45) is 5.73 Å². The van der Waals surface area contributed by atoms with E-state index in [-0.39, 0.29) is 5.60 Å². The molecule has 0 amide bonds. The SMILES string of the molecule is CC1(c2nc(CCN)co2)CCCCO1. The van der Waals surface area contributed by atoms with Gasteiger partial charge in [0.2, 0.25) is 5.89 Å². The van der Waals surface area contributed by atoms with E-state index in [1.54, 1.807) is 6.26 Å². The van der Waals surface area contributed by atoms with Crippen molar-refractivity contribution in [1.82, 2.24) is 4.98 Å². The Kier molecular flexibility index (Phi) is 3.07. The van der Waals surface area contributed by atoms with E-state index in [1.807, 2.05) is 6.92 Å². The Morgan fingerprint density at radius 1 is 1.53 bits per heavy atom. The Labute approximate surface area is 89.8 Å². The van der Waals surface area contributed by atoms with Crippen LogP contribution in [0.2, 0.25) is 0 Å². The lowest BCUT2D eigenvalue weighted by atomic mass is 9.96. The summed E-state index contributed by atoms with van der Waals surface area (Å²) in [6.45, 7) is 3.44. The minimum atomic E-state index is -0.328. The van der Waals surface area contributed by atoms with E-state index in [2.05, 4.69) is 4.98 Å². The fourth-order valence-corrected chi connectivity index (χ4v) is 1.92. The van der Waals surface area contributed by atoms with Crippen LogP contribution in [0.4, 0.5) is 0 Å². The molecule has 1 aliphatic rings. The number of oxazole rings is 1. The van der Waals surface area contributed by atoms with Gasteiger partial charge in [0.15, 0.2) is 0 Å². The van der Waals surface area contributed by atoms with Gasteiger partial charge in [-0.05, 0) is 32.7 Å². The molecule has 1 aliphatic heterocycles. The van der Waals surface area contributed by atoms with Gasteiger partial charge in [-0.2, -0.15) is 0 Å². The van der Waals surface area contributed by atoms with Crippen molar-refractivity contribution in [2.45, 2.75) is 38.2 Å². The Morgan fingerprint density at radius 3 is 3.07 bits per heavy atom. The first-order valence-electron chi connectivity index (χ1n) is 5.53. The molecule has 1 atom stereocenters. The van der Waals surface area contributed by atoms with Crippen LogP contribution in [0.15, 0.2) is 10.7 Å². The normalized spacial score (nSPS) is 26.8. The number of nitrogens with two attached hydrogens (primary N) is 1. The monoisotopic (exact) mass is 210 g/mol. The molecule has 2 heterocycles. The summed E-state index contributed by atoms with van der Waals surface area (Å²) in [6.07, 6.45) is 5.73. The molecule has 4 nitrogen and oxygen atoms in total. The average molecular weight is 210 g/mol. The second kappa shape index (κ2) is 4.33. The van der Waals surface area contributed by atoms with Gasteiger partial charge in [-0.25, -0.2) is 4.98 Å². The molecule has 0 aliphatic carbocycles. The molecule has 15 heavy (non-hydrogen) atoms. The molecule has 1 fully saturated rings. The van der Waals surface area contributed by atoms with Crippen LogP contribution in [0.5, 0.6) is 0 Å². The first kappa shape index (κ1) is 10.6. The van der Waals surface area contributed by atoms with Crippen molar-refractivity contribution in [3.8, 4) is 0 Å². The van der Waals surface area contributed by atoms with E-state index in [1.165, 1.54) is 6.42 Å². The van der Waals surface area contributed by atoms with Gasteiger partial charge in [0.05, 0.1) is 5.69 Å². The zero-order valence-electron chi connectivity index (χ0n) is 9.16. The van der Waals surface area contributed by atoms with Gasteiger partial charge in [-0.1, -0.05) is 0 Å². The number of hydrogen-bond acceptors (Lipinski definition) is 4. The largest absolute Gasteiger partial charge is 0.446 e. The maximum atomic E-state index is 5.76. The van der Waals surface area contributed by atoms with Crippen molar-refractivity contribution in [2.75, 3.05) is 13.2 Å². The van der Waals surface area contributed by atoms with Crippen LogP contribution in [0, 0.1) is 0 Å². The molecule has 0 bridgehead atoms. The summed E-state index contributed by atoms with van der Waals surface area (Å²) in [5.74, 6) is 0.700. The molecule has 84 valence electrons. The van der Waals surface area contributed by atoms with Crippen molar-refractivity contribution in [1.29, 1.82) is 0 Å². The average Bonchev–Trinajstić information content (AvgIpc) is 2.69. The molecule has 1 aromatic rings. The zero-order chi connectivity index (χ0) is 10.7. The quantitative estimate of drug-likeness (QED) is 0.823. The minimum absolute atomic E-state index is 0.328. The standard InChI is InChI=1S/C11H18N2O2/c1-11(5-2-3-7-15-11)10-13-9(4-6-12)8-14-10/h8H,2-7,12H2,1H3. The van der Waals surface area contributed by atoms with Gasteiger partial charge in [0.1, 0.15) is 11.9 Å². The summed E-state index contributed by atoms with van der Waals surface area (Å²) < 4.78 is 11.2. The maximum absolute atomic E-state index is 5.76. The zero-order valence-corrected chi connectivity index (χ0v) is 9.16. The minimum Gasteiger partial charge on any atom is -0.446 e. The van der Waals surface area contributed by atoms with Crippen LogP contribution in [-0.2, 0) is 16.8 Å². The predicted octanol–water partition coefficient (Wildman–Crippen LogP) is 1.59. The topological polar surface area (TPSA) is 61.3 Å². The second-order valence-corrected chi connectivity index (χ2v) is 4.22. The first-order chi connectivity index (χ1) is 7.24. The first-order valence-corrected chi connectivity index (χ1v) is 5.53. The summed E-state index contributed by atoms with van der Waals surface area (Å²) in [7, 11) is 0. The summed E-state index contributed by atoms with van der Waals surface area (Å²) in [6, 6.07) is 0. The third-order valence-electron chi connectivity index (χ3n) is 2.87. The van der Waals surface area contributed by atoms with Crippen molar-refractivity contribution in [3.63, 3.8) is 0 Å². The van der Waals surface area contributed by atoms with Gasteiger partial charge < -0.3 is 14.9 Å². The van der Waals surface area contributed by atoms with E-state index in [4.69, 9.17) is 14.9 Å². The number of hydrogen-bond donors (Lipinski definition) is 1. The highest BCUT2D eigenvalue weighted by molar-refractivity contribution is 5.04. The van der Waals surface area contributed by atoms with Crippen LogP contribution < -0.4 is 5.73 Å². The summed E-state index contributed by atoms with van der Waals surface area (Å²) in [5.41, 5.74) is 6.06. The molecule has 2 N–H and O–H groups in total. The van der Waals surface area contributed by atoms with E-state index >= 15 is 0 Å². The van der Waals surface area contributed by atoms with E-state index in [0.29, 0.717) is 12.4 Å². The van der Waals surface area contributed by atoms with Gasteiger partial charge in [-0.3, -0.25) is 0 Å². The summed E-state index contributed by atoms with van der Waals surface area (Å²) in [5, 5.41) is 0. The Bertz CT molecular complexity index is 316. The highest BCUT2D eigenvalue weighted by Crippen LogP contribution is 2.33. The van der Waals surface area contributed by atoms with E-state index in [0.717, 1.165) is 31.6 Å². The molecule has 1 aromatic heterocycles. The molecule has 1 saturated heterocycles. The lowest BCUT2D eigenvalue weighted by Gasteiger charge is -2.30. The molecule has 0 aromatic carbocycles. The predicted molar refractivity (Wildman–Crippen MR) is 56.4 cm³/mol. The third-order valence-corrected chi connectivity index (χ3v) is 2.87. The molecular weight excluding hydrogens is 192 g/mol.